The zero-order valence-electron chi connectivity index (χ0n) is 19.4. The highest BCUT2D eigenvalue weighted by Gasteiger charge is 2.20. The van der Waals surface area contributed by atoms with Crippen LogP contribution >= 0.6 is 15.9 Å². The zero-order valence-corrected chi connectivity index (χ0v) is 21.0. The number of nitrogens with zero attached hydrogens (tertiary/aromatic N) is 2. The number of furan rings is 1. The number of aryl methyl sites for hydroxylation is 2. The van der Waals surface area contributed by atoms with Crippen molar-refractivity contribution in [2.75, 3.05) is 13.2 Å². The second-order valence-electron chi connectivity index (χ2n) is 9.05. The van der Waals surface area contributed by atoms with Gasteiger partial charge in [0, 0.05) is 12.2 Å². The number of aromatic nitrogens is 2. The third kappa shape index (κ3) is 6.39. The van der Waals surface area contributed by atoms with E-state index in [0.29, 0.717) is 17.0 Å². The zero-order chi connectivity index (χ0) is 23.3. The monoisotopic (exact) mass is 502 g/mol. The van der Waals surface area contributed by atoms with Gasteiger partial charge in [-0.05, 0) is 73.0 Å². The molecule has 2 heterocycles. The Balaban J connectivity index is 1.68. The molecule has 0 spiro atoms. The molecule has 0 aliphatic heterocycles. The molecule has 0 aliphatic carbocycles. The topological polar surface area (TPSA) is 74.5 Å². The van der Waals surface area contributed by atoms with Crippen LogP contribution in [0.5, 0.6) is 0 Å². The summed E-state index contributed by atoms with van der Waals surface area (Å²) in [6, 6.07) is 8.48. The molecule has 0 bridgehead atoms. The normalized spacial score (nSPS) is 12.8. The maximum Gasteiger partial charge on any atom is 0.332 e. The highest BCUT2D eigenvalue weighted by atomic mass is 79.9. The fraction of sp³-hybridized carbons (Fsp3) is 0.480. The first-order chi connectivity index (χ1) is 15.2. The van der Waals surface area contributed by atoms with Crippen LogP contribution in [0.4, 0.5) is 0 Å². The SMILES string of the molecule is CCc1ccc(-c2c(Br)oc3ncnc(CC[C@H](C)COCC(=O)OC(C)(C)C)c23)cc1. The van der Waals surface area contributed by atoms with Crippen molar-refractivity contribution in [2.24, 2.45) is 5.92 Å². The molecular weight excluding hydrogens is 472 g/mol. The lowest BCUT2D eigenvalue weighted by Gasteiger charge is -2.19. The van der Waals surface area contributed by atoms with Crippen LogP contribution in [0.1, 0.15) is 52.3 Å². The molecule has 0 aliphatic rings. The van der Waals surface area contributed by atoms with E-state index in [-0.39, 0.29) is 18.5 Å². The summed E-state index contributed by atoms with van der Waals surface area (Å²) in [6.45, 7) is 10.2. The maximum atomic E-state index is 11.8. The lowest BCUT2D eigenvalue weighted by molar-refractivity contribution is -0.160. The predicted molar refractivity (Wildman–Crippen MR) is 128 cm³/mol. The Hall–Kier alpha value is -2.25. The van der Waals surface area contributed by atoms with Gasteiger partial charge in [-0.3, -0.25) is 0 Å². The summed E-state index contributed by atoms with van der Waals surface area (Å²) in [5.41, 5.74) is 4.35. The molecule has 3 rings (SSSR count). The van der Waals surface area contributed by atoms with Crippen molar-refractivity contribution in [3.63, 3.8) is 0 Å². The largest absolute Gasteiger partial charge is 0.458 e. The summed E-state index contributed by atoms with van der Waals surface area (Å²) in [7, 11) is 0. The van der Waals surface area contributed by atoms with E-state index in [2.05, 4.69) is 64.0 Å². The fourth-order valence-electron chi connectivity index (χ4n) is 3.50. The van der Waals surface area contributed by atoms with Gasteiger partial charge in [0.05, 0.1) is 11.1 Å². The van der Waals surface area contributed by atoms with Crippen LogP contribution < -0.4 is 0 Å². The molecule has 6 nitrogen and oxygen atoms in total. The number of halogens is 1. The van der Waals surface area contributed by atoms with E-state index in [4.69, 9.17) is 13.9 Å². The first kappa shape index (κ1) is 24.4. The van der Waals surface area contributed by atoms with Crippen LogP contribution in [-0.4, -0.2) is 34.8 Å². The van der Waals surface area contributed by atoms with E-state index < -0.39 is 5.60 Å². The summed E-state index contributed by atoms with van der Waals surface area (Å²) in [5, 5.41) is 0.936. The van der Waals surface area contributed by atoms with Gasteiger partial charge in [-0.15, -0.1) is 0 Å². The first-order valence-corrected chi connectivity index (χ1v) is 11.8. The van der Waals surface area contributed by atoms with Crippen molar-refractivity contribution in [1.82, 2.24) is 9.97 Å². The van der Waals surface area contributed by atoms with Crippen LogP contribution in [0.3, 0.4) is 0 Å². The summed E-state index contributed by atoms with van der Waals surface area (Å²) in [5.74, 6) is -0.0886. The second-order valence-corrected chi connectivity index (χ2v) is 9.77. The standard InChI is InChI=1S/C25H31BrN2O4/c1-6-17-8-10-18(11-9-17)21-22-19(27-15-28-24(22)31-23(21)26)12-7-16(2)13-30-14-20(29)32-25(3,4)5/h8-11,15-16H,6-7,12-14H2,1-5H3/t16-/m0/s1. The number of rotatable bonds is 9. The number of ether oxygens (including phenoxy) is 2. The number of carbonyl (C=O) groups excluding carboxylic acids is 1. The molecule has 1 aromatic carbocycles. The first-order valence-electron chi connectivity index (χ1n) is 11.0. The van der Waals surface area contributed by atoms with Crippen LogP contribution in [0, 0.1) is 5.92 Å². The van der Waals surface area contributed by atoms with Gasteiger partial charge in [0.15, 0.2) is 4.67 Å². The molecule has 172 valence electrons. The third-order valence-electron chi connectivity index (χ3n) is 5.09. The van der Waals surface area contributed by atoms with Crippen LogP contribution in [0.15, 0.2) is 39.7 Å². The summed E-state index contributed by atoms with van der Waals surface area (Å²) in [4.78, 5) is 20.7. The van der Waals surface area contributed by atoms with E-state index in [9.17, 15) is 4.79 Å². The predicted octanol–water partition coefficient (Wildman–Crippen LogP) is 6.14. The van der Waals surface area contributed by atoms with Gasteiger partial charge in [-0.2, -0.15) is 0 Å². The van der Waals surface area contributed by atoms with Gasteiger partial charge in [-0.1, -0.05) is 38.1 Å². The summed E-state index contributed by atoms with van der Waals surface area (Å²) >= 11 is 3.57. The average Bonchev–Trinajstić information content (AvgIpc) is 3.07. The van der Waals surface area contributed by atoms with E-state index in [0.717, 1.165) is 41.5 Å². The minimum Gasteiger partial charge on any atom is -0.458 e. The fourth-order valence-corrected chi connectivity index (χ4v) is 4.08. The number of benzene rings is 1. The Morgan fingerprint density at radius 2 is 1.91 bits per heavy atom. The van der Waals surface area contributed by atoms with Gasteiger partial charge in [0.25, 0.3) is 0 Å². The average molecular weight is 503 g/mol. The third-order valence-corrected chi connectivity index (χ3v) is 5.65. The molecule has 32 heavy (non-hydrogen) atoms. The molecule has 3 aromatic rings. The van der Waals surface area contributed by atoms with E-state index in [1.54, 1.807) is 6.33 Å². The van der Waals surface area contributed by atoms with E-state index >= 15 is 0 Å². The molecule has 0 N–H and O–H groups in total. The van der Waals surface area contributed by atoms with Gasteiger partial charge >= 0.3 is 5.97 Å². The van der Waals surface area contributed by atoms with Crippen molar-refractivity contribution in [1.29, 1.82) is 0 Å². The number of carbonyl (C=O) groups is 1. The number of hydrogen-bond acceptors (Lipinski definition) is 6. The number of hydrogen-bond donors (Lipinski definition) is 0. The lowest BCUT2D eigenvalue weighted by atomic mass is 9.99. The summed E-state index contributed by atoms with van der Waals surface area (Å²) < 4.78 is 17.4. The molecule has 0 unspecified atom stereocenters. The van der Waals surface area contributed by atoms with Gasteiger partial charge < -0.3 is 13.9 Å². The molecule has 0 saturated carbocycles. The molecule has 0 radical (unpaired) electrons. The molecule has 2 aromatic heterocycles. The summed E-state index contributed by atoms with van der Waals surface area (Å²) in [6.07, 6.45) is 4.15. The molecule has 0 fully saturated rings. The Labute approximate surface area is 197 Å². The highest BCUT2D eigenvalue weighted by Crippen LogP contribution is 2.39. The molecular formula is C25H31BrN2O4. The van der Waals surface area contributed by atoms with Crippen molar-refractivity contribution < 1.29 is 18.7 Å². The van der Waals surface area contributed by atoms with Gasteiger partial charge in [0.1, 0.15) is 18.5 Å². The van der Waals surface area contributed by atoms with Crippen molar-refractivity contribution >= 4 is 33.0 Å². The second kappa shape index (κ2) is 10.6. The molecule has 0 amide bonds. The minimum atomic E-state index is -0.502. The minimum absolute atomic E-state index is 0.0358. The number of esters is 1. The highest BCUT2D eigenvalue weighted by molar-refractivity contribution is 9.10. The Morgan fingerprint density at radius 3 is 2.56 bits per heavy atom. The van der Waals surface area contributed by atoms with Crippen LogP contribution in [-0.2, 0) is 27.1 Å². The van der Waals surface area contributed by atoms with Gasteiger partial charge in [-0.25, -0.2) is 14.8 Å². The number of fused-ring (bicyclic) bond motifs is 1. The van der Waals surface area contributed by atoms with Crippen LogP contribution in [0.2, 0.25) is 0 Å². The lowest BCUT2D eigenvalue weighted by Crippen LogP contribution is -2.27. The van der Waals surface area contributed by atoms with E-state index in [1.165, 1.54) is 5.56 Å². The quantitative estimate of drug-likeness (QED) is 0.327. The maximum absolute atomic E-state index is 11.8. The Bertz CT molecular complexity index is 1050. The molecule has 7 heteroatoms. The van der Waals surface area contributed by atoms with Gasteiger partial charge in [0.2, 0.25) is 5.71 Å². The smallest absolute Gasteiger partial charge is 0.332 e. The molecule has 0 saturated heterocycles. The molecule has 1 atom stereocenters. The van der Waals surface area contributed by atoms with Crippen molar-refractivity contribution in [3.8, 4) is 11.1 Å². The van der Waals surface area contributed by atoms with Crippen LogP contribution in [0.25, 0.3) is 22.2 Å². The Morgan fingerprint density at radius 1 is 1.19 bits per heavy atom. The van der Waals surface area contributed by atoms with Crippen molar-refractivity contribution in [3.05, 3.63) is 46.5 Å². The van der Waals surface area contributed by atoms with E-state index in [1.807, 2.05) is 20.8 Å². The van der Waals surface area contributed by atoms with Crippen molar-refractivity contribution in [2.45, 2.75) is 59.5 Å². The Kier molecular flexibility index (Phi) is 8.06.